The quantitative estimate of drug-likeness (QED) is 0.428. The molecule has 0 radical (unpaired) electrons. The molecule has 0 spiro atoms. The summed E-state index contributed by atoms with van der Waals surface area (Å²) in [6.45, 7) is 9.38. The van der Waals surface area contributed by atoms with Crippen LogP contribution in [0.1, 0.15) is 72.7 Å². The van der Waals surface area contributed by atoms with Gasteiger partial charge in [0.25, 0.3) is 0 Å². The minimum Gasteiger partial charge on any atom is -0.260 e. The first kappa shape index (κ1) is 16.3. The number of halogens is 1. The van der Waals surface area contributed by atoms with Gasteiger partial charge in [0.1, 0.15) is 0 Å². The van der Waals surface area contributed by atoms with Crippen LogP contribution in [0.5, 0.6) is 0 Å². The van der Waals surface area contributed by atoms with E-state index in [9.17, 15) is 0 Å². The molecule has 0 saturated carbocycles. The molecule has 0 aliphatic heterocycles. The SMILES string of the molecule is CC1(C)c2ccc(Br)cc2C2c3ncccc3C(C)(C)c3cccc1c32. The van der Waals surface area contributed by atoms with E-state index < -0.39 is 0 Å². The lowest BCUT2D eigenvalue weighted by Crippen LogP contribution is -2.38. The molecule has 1 nitrogen and oxygen atoms in total. The van der Waals surface area contributed by atoms with Gasteiger partial charge in [-0.2, -0.15) is 0 Å². The smallest absolute Gasteiger partial charge is 0.0563 e. The van der Waals surface area contributed by atoms with E-state index in [2.05, 4.69) is 92.2 Å². The minimum absolute atomic E-state index is 0.0137. The Morgan fingerprint density at radius 1 is 0.808 bits per heavy atom. The number of hydrogen-bond acceptors (Lipinski definition) is 1. The zero-order chi connectivity index (χ0) is 18.3. The predicted molar refractivity (Wildman–Crippen MR) is 110 cm³/mol. The average molecular weight is 404 g/mol. The first-order valence-electron chi connectivity index (χ1n) is 9.22. The van der Waals surface area contributed by atoms with Crippen molar-refractivity contribution in [1.82, 2.24) is 4.98 Å². The van der Waals surface area contributed by atoms with E-state index >= 15 is 0 Å². The van der Waals surface area contributed by atoms with Crippen molar-refractivity contribution >= 4 is 15.9 Å². The first-order chi connectivity index (χ1) is 12.3. The summed E-state index contributed by atoms with van der Waals surface area (Å²) in [5, 5.41) is 0. The fourth-order valence-corrected chi connectivity index (χ4v) is 5.59. The molecule has 0 amide bonds. The summed E-state index contributed by atoms with van der Waals surface area (Å²) in [6, 6.07) is 18.0. The van der Waals surface area contributed by atoms with Crippen LogP contribution in [0, 0.1) is 0 Å². The van der Waals surface area contributed by atoms with Gasteiger partial charge in [-0.05, 0) is 51.6 Å². The van der Waals surface area contributed by atoms with Gasteiger partial charge < -0.3 is 0 Å². The maximum Gasteiger partial charge on any atom is 0.0563 e. The maximum atomic E-state index is 4.90. The third-order valence-electron chi connectivity index (χ3n) is 6.52. The van der Waals surface area contributed by atoms with E-state index in [0.717, 1.165) is 4.47 Å². The molecule has 0 bridgehead atoms. The van der Waals surface area contributed by atoms with Gasteiger partial charge in [-0.25, -0.2) is 0 Å². The van der Waals surface area contributed by atoms with Gasteiger partial charge in [-0.3, -0.25) is 4.98 Å². The topological polar surface area (TPSA) is 12.9 Å². The normalized spacial score (nSPS) is 20.7. The lowest BCUT2D eigenvalue weighted by molar-refractivity contribution is 0.540. The van der Waals surface area contributed by atoms with Crippen molar-refractivity contribution < 1.29 is 0 Å². The molecular formula is C24H22BrN. The molecule has 3 aromatic rings. The van der Waals surface area contributed by atoms with Gasteiger partial charge in [-0.15, -0.1) is 0 Å². The number of rotatable bonds is 0. The monoisotopic (exact) mass is 403 g/mol. The highest BCUT2D eigenvalue weighted by molar-refractivity contribution is 9.10. The number of pyridine rings is 1. The summed E-state index contributed by atoms with van der Waals surface area (Å²) >= 11 is 3.70. The molecule has 130 valence electrons. The first-order valence-corrected chi connectivity index (χ1v) is 10.0. The molecule has 2 heteroatoms. The van der Waals surface area contributed by atoms with Gasteiger partial charge in [-0.1, -0.05) is 74.0 Å². The van der Waals surface area contributed by atoms with Crippen LogP contribution in [0.25, 0.3) is 0 Å². The molecule has 1 aromatic heterocycles. The summed E-state index contributed by atoms with van der Waals surface area (Å²) < 4.78 is 1.13. The van der Waals surface area contributed by atoms with Crippen molar-refractivity contribution in [2.45, 2.75) is 44.4 Å². The van der Waals surface area contributed by atoms with Crippen LogP contribution in [0.15, 0.2) is 59.2 Å². The molecule has 1 unspecified atom stereocenters. The zero-order valence-corrected chi connectivity index (χ0v) is 17.2. The van der Waals surface area contributed by atoms with Gasteiger partial charge >= 0.3 is 0 Å². The Morgan fingerprint density at radius 2 is 1.46 bits per heavy atom. The largest absolute Gasteiger partial charge is 0.260 e. The van der Waals surface area contributed by atoms with E-state index in [-0.39, 0.29) is 16.7 Å². The van der Waals surface area contributed by atoms with Gasteiger partial charge in [0.2, 0.25) is 0 Å². The highest BCUT2D eigenvalue weighted by atomic mass is 79.9. The highest BCUT2D eigenvalue weighted by Crippen LogP contribution is 2.56. The fraction of sp³-hybridized carbons (Fsp3) is 0.292. The van der Waals surface area contributed by atoms with Crippen molar-refractivity contribution in [2.75, 3.05) is 0 Å². The van der Waals surface area contributed by atoms with E-state index in [1.807, 2.05) is 6.20 Å². The molecular weight excluding hydrogens is 382 g/mol. The third-order valence-corrected chi connectivity index (χ3v) is 7.02. The molecule has 2 aromatic carbocycles. The second-order valence-electron chi connectivity index (χ2n) is 8.62. The molecule has 0 saturated heterocycles. The predicted octanol–water partition coefficient (Wildman–Crippen LogP) is 6.30. The van der Waals surface area contributed by atoms with Crippen LogP contribution in [0.3, 0.4) is 0 Å². The zero-order valence-electron chi connectivity index (χ0n) is 15.6. The van der Waals surface area contributed by atoms with Crippen LogP contribution >= 0.6 is 15.9 Å². The molecule has 5 rings (SSSR count). The Labute approximate surface area is 163 Å². The fourth-order valence-electron chi connectivity index (χ4n) is 5.21. The second-order valence-corrected chi connectivity index (χ2v) is 9.53. The Balaban J connectivity index is 1.97. The Morgan fingerprint density at radius 3 is 2.19 bits per heavy atom. The molecule has 2 aliphatic carbocycles. The summed E-state index contributed by atoms with van der Waals surface area (Å²) in [5.74, 6) is 0.214. The molecule has 1 heterocycles. The Bertz CT molecular complexity index is 1050. The standard InChI is InChI=1S/C24H22BrN/c1-23(2)16-11-10-14(25)13-15(16)20-21-17(23)7-5-8-18(21)24(3,4)19-9-6-12-26-22(19)20/h5-13,20H,1-4H3. The molecule has 1 atom stereocenters. The summed E-state index contributed by atoms with van der Waals surface area (Å²) in [4.78, 5) is 4.90. The van der Waals surface area contributed by atoms with E-state index in [1.165, 1.54) is 39.1 Å². The van der Waals surface area contributed by atoms with E-state index in [4.69, 9.17) is 4.98 Å². The molecule has 0 N–H and O–H groups in total. The number of benzene rings is 2. The van der Waals surface area contributed by atoms with Gasteiger partial charge in [0, 0.05) is 21.5 Å². The number of fused-ring (bicyclic) bond motifs is 4. The van der Waals surface area contributed by atoms with E-state index in [0.29, 0.717) is 0 Å². The maximum absolute atomic E-state index is 4.90. The van der Waals surface area contributed by atoms with Gasteiger partial charge in [0.15, 0.2) is 0 Å². The average Bonchev–Trinajstić information content (AvgIpc) is 2.61. The molecule has 26 heavy (non-hydrogen) atoms. The van der Waals surface area contributed by atoms with Crippen LogP contribution in [0.2, 0.25) is 0 Å². The highest BCUT2D eigenvalue weighted by Gasteiger charge is 2.46. The lowest BCUT2D eigenvalue weighted by atomic mass is 9.57. The summed E-state index contributed by atoms with van der Waals surface area (Å²) in [6.07, 6.45) is 1.94. The van der Waals surface area contributed by atoms with Crippen molar-refractivity contribution in [3.8, 4) is 0 Å². The minimum atomic E-state index is -0.0367. The Kier molecular flexibility index (Phi) is 3.17. The van der Waals surface area contributed by atoms with Crippen LogP contribution in [0.4, 0.5) is 0 Å². The van der Waals surface area contributed by atoms with Crippen LogP contribution in [-0.2, 0) is 10.8 Å². The number of aromatic nitrogens is 1. The third kappa shape index (κ3) is 1.89. The van der Waals surface area contributed by atoms with Crippen LogP contribution < -0.4 is 0 Å². The lowest BCUT2D eigenvalue weighted by Gasteiger charge is -2.46. The number of nitrogens with zero attached hydrogens (tertiary/aromatic N) is 1. The van der Waals surface area contributed by atoms with Gasteiger partial charge in [0.05, 0.1) is 11.6 Å². The van der Waals surface area contributed by atoms with Crippen molar-refractivity contribution in [3.63, 3.8) is 0 Å². The van der Waals surface area contributed by atoms with E-state index in [1.54, 1.807) is 0 Å². The Hall–Kier alpha value is -1.93. The molecule has 2 aliphatic rings. The van der Waals surface area contributed by atoms with Crippen molar-refractivity contribution in [2.24, 2.45) is 0 Å². The van der Waals surface area contributed by atoms with Crippen LogP contribution in [-0.4, -0.2) is 4.98 Å². The summed E-state index contributed by atoms with van der Waals surface area (Å²) in [7, 11) is 0. The number of hydrogen-bond donors (Lipinski definition) is 0. The van der Waals surface area contributed by atoms with Crippen molar-refractivity contribution in [1.29, 1.82) is 0 Å². The molecule has 0 fully saturated rings. The second kappa shape index (κ2) is 5.07. The summed E-state index contributed by atoms with van der Waals surface area (Å²) in [5.41, 5.74) is 9.67. The van der Waals surface area contributed by atoms with Crippen molar-refractivity contribution in [3.05, 3.63) is 98.3 Å².